The van der Waals surface area contributed by atoms with Crippen LogP contribution in [-0.4, -0.2) is 42.5 Å². The van der Waals surface area contributed by atoms with Crippen molar-refractivity contribution in [3.8, 4) is 0 Å². The Hall–Kier alpha value is -1.39. The number of aryl methyl sites for hydroxylation is 1. The highest BCUT2D eigenvalue weighted by molar-refractivity contribution is 5.78. The number of rotatable bonds is 7. The topological polar surface area (TPSA) is 44.4 Å². The molecule has 4 nitrogen and oxygen atoms in total. The molecular formula is C18H29N3O. The van der Waals surface area contributed by atoms with Crippen molar-refractivity contribution in [1.82, 2.24) is 15.5 Å². The van der Waals surface area contributed by atoms with Gasteiger partial charge in [-0.1, -0.05) is 43.7 Å². The van der Waals surface area contributed by atoms with Crippen LogP contribution >= 0.6 is 0 Å². The molecule has 2 rings (SSSR count). The molecule has 1 aliphatic rings. The zero-order chi connectivity index (χ0) is 16.1. The summed E-state index contributed by atoms with van der Waals surface area (Å²) < 4.78 is 0. The summed E-state index contributed by atoms with van der Waals surface area (Å²) >= 11 is 0. The fourth-order valence-corrected chi connectivity index (χ4v) is 2.86. The van der Waals surface area contributed by atoms with Crippen LogP contribution in [0.5, 0.6) is 0 Å². The number of nitrogens with one attached hydrogen (secondary N) is 2. The Balaban J connectivity index is 1.73. The lowest BCUT2D eigenvalue weighted by Gasteiger charge is -2.39. The molecule has 1 fully saturated rings. The summed E-state index contributed by atoms with van der Waals surface area (Å²) in [6, 6.07) is 9.67. The van der Waals surface area contributed by atoms with Crippen LogP contribution in [0.25, 0.3) is 0 Å². The second-order valence-corrected chi connectivity index (χ2v) is 6.84. The highest BCUT2D eigenvalue weighted by atomic mass is 16.2. The van der Waals surface area contributed by atoms with E-state index in [-0.39, 0.29) is 5.91 Å². The third-order valence-electron chi connectivity index (χ3n) is 4.15. The minimum atomic E-state index is 0.120. The standard InChI is InChI=1S/C18H29N3O/c1-13(2)19-16-9-10-17(16)20-18(22)12-21(4)11-15-7-5-14(3)6-8-15/h5-8,13,16-17,19H,9-12H2,1-4H3,(H,20,22)/t16-,17+/m1/s1. The van der Waals surface area contributed by atoms with Crippen LogP contribution in [-0.2, 0) is 11.3 Å². The molecule has 1 aromatic rings. The van der Waals surface area contributed by atoms with E-state index in [4.69, 9.17) is 0 Å². The smallest absolute Gasteiger partial charge is 0.234 e. The van der Waals surface area contributed by atoms with Gasteiger partial charge in [-0.2, -0.15) is 0 Å². The number of benzene rings is 1. The van der Waals surface area contributed by atoms with E-state index in [0.717, 1.165) is 19.4 Å². The highest BCUT2D eigenvalue weighted by Gasteiger charge is 2.32. The number of nitrogens with zero attached hydrogens (tertiary/aromatic N) is 1. The number of likely N-dealkylation sites (N-methyl/N-ethyl adjacent to an activating group) is 1. The molecule has 1 saturated carbocycles. The molecule has 0 radical (unpaired) electrons. The first-order valence-electron chi connectivity index (χ1n) is 8.23. The first-order chi connectivity index (χ1) is 10.4. The van der Waals surface area contributed by atoms with Crippen molar-refractivity contribution < 1.29 is 4.79 Å². The lowest BCUT2D eigenvalue weighted by molar-refractivity contribution is -0.123. The molecular weight excluding hydrogens is 274 g/mol. The van der Waals surface area contributed by atoms with Crippen molar-refractivity contribution in [2.45, 2.75) is 58.3 Å². The van der Waals surface area contributed by atoms with Gasteiger partial charge in [0, 0.05) is 24.7 Å². The molecule has 122 valence electrons. The van der Waals surface area contributed by atoms with Gasteiger partial charge in [-0.05, 0) is 32.4 Å². The van der Waals surface area contributed by atoms with Crippen molar-refractivity contribution >= 4 is 5.91 Å². The third kappa shape index (κ3) is 5.11. The molecule has 1 aliphatic carbocycles. The number of hydrogen-bond donors (Lipinski definition) is 2. The summed E-state index contributed by atoms with van der Waals surface area (Å²) in [5.41, 5.74) is 2.50. The summed E-state index contributed by atoms with van der Waals surface area (Å²) in [6.45, 7) is 7.62. The Kier molecular flexibility index (Phi) is 5.98. The van der Waals surface area contributed by atoms with E-state index in [0.29, 0.717) is 24.7 Å². The SMILES string of the molecule is Cc1ccc(CN(C)CC(=O)N[C@H]2CC[C@H]2NC(C)C)cc1. The summed E-state index contributed by atoms with van der Waals surface area (Å²) in [5, 5.41) is 6.66. The van der Waals surface area contributed by atoms with E-state index in [1.165, 1.54) is 11.1 Å². The maximum Gasteiger partial charge on any atom is 0.234 e. The summed E-state index contributed by atoms with van der Waals surface area (Å²) in [4.78, 5) is 14.2. The highest BCUT2D eigenvalue weighted by Crippen LogP contribution is 2.20. The van der Waals surface area contributed by atoms with Crippen LogP contribution in [0.3, 0.4) is 0 Å². The van der Waals surface area contributed by atoms with Gasteiger partial charge < -0.3 is 10.6 Å². The fraction of sp³-hybridized carbons (Fsp3) is 0.611. The zero-order valence-corrected chi connectivity index (χ0v) is 14.2. The van der Waals surface area contributed by atoms with E-state index >= 15 is 0 Å². The van der Waals surface area contributed by atoms with Crippen LogP contribution in [0.4, 0.5) is 0 Å². The Morgan fingerprint density at radius 3 is 2.41 bits per heavy atom. The van der Waals surface area contributed by atoms with E-state index in [1.807, 2.05) is 7.05 Å². The Bertz CT molecular complexity index is 484. The monoisotopic (exact) mass is 303 g/mol. The molecule has 1 aromatic carbocycles. The third-order valence-corrected chi connectivity index (χ3v) is 4.15. The van der Waals surface area contributed by atoms with Gasteiger partial charge in [-0.3, -0.25) is 9.69 Å². The minimum Gasteiger partial charge on any atom is -0.351 e. The van der Waals surface area contributed by atoms with Crippen LogP contribution in [0.15, 0.2) is 24.3 Å². The van der Waals surface area contributed by atoms with E-state index in [1.54, 1.807) is 0 Å². The van der Waals surface area contributed by atoms with Crippen molar-refractivity contribution in [2.75, 3.05) is 13.6 Å². The number of hydrogen-bond acceptors (Lipinski definition) is 3. The molecule has 0 saturated heterocycles. The van der Waals surface area contributed by atoms with Gasteiger partial charge in [0.05, 0.1) is 6.54 Å². The molecule has 22 heavy (non-hydrogen) atoms. The van der Waals surface area contributed by atoms with E-state index in [2.05, 4.69) is 60.6 Å². The lowest BCUT2D eigenvalue weighted by atomic mass is 9.86. The molecule has 2 N–H and O–H groups in total. The second-order valence-electron chi connectivity index (χ2n) is 6.84. The average molecular weight is 303 g/mol. The quantitative estimate of drug-likeness (QED) is 0.810. The number of amides is 1. The summed E-state index contributed by atoms with van der Waals surface area (Å²) in [6.07, 6.45) is 2.24. The Morgan fingerprint density at radius 1 is 1.23 bits per heavy atom. The molecule has 1 amide bonds. The first kappa shape index (κ1) is 17.0. The first-order valence-corrected chi connectivity index (χ1v) is 8.23. The molecule has 0 spiro atoms. The maximum absolute atomic E-state index is 12.2. The Morgan fingerprint density at radius 2 is 1.86 bits per heavy atom. The predicted octanol–water partition coefficient (Wildman–Crippen LogP) is 2.07. The lowest BCUT2D eigenvalue weighted by Crippen LogP contribution is -2.59. The van der Waals surface area contributed by atoms with Crippen LogP contribution in [0.1, 0.15) is 37.8 Å². The van der Waals surface area contributed by atoms with Crippen LogP contribution in [0, 0.1) is 6.92 Å². The van der Waals surface area contributed by atoms with E-state index < -0.39 is 0 Å². The van der Waals surface area contributed by atoms with Crippen molar-refractivity contribution in [1.29, 1.82) is 0 Å². The molecule has 4 heteroatoms. The van der Waals surface area contributed by atoms with Gasteiger partial charge in [0.15, 0.2) is 0 Å². The molecule has 0 unspecified atom stereocenters. The molecule has 0 aromatic heterocycles. The van der Waals surface area contributed by atoms with Gasteiger partial charge in [0.25, 0.3) is 0 Å². The van der Waals surface area contributed by atoms with Crippen molar-refractivity contribution in [3.63, 3.8) is 0 Å². The molecule has 2 atom stereocenters. The minimum absolute atomic E-state index is 0.120. The normalized spacial score (nSPS) is 21.0. The number of carbonyl (C=O) groups is 1. The van der Waals surface area contributed by atoms with Gasteiger partial charge in [0.2, 0.25) is 5.91 Å². The predicted molar refractivity (Wildman–Crippen MR) is 90.7 cm³/mol. The summed E-state index contributed by atoms with van der Waals surface area (Å²) in [7, 11) is 1.99. The fourth-order valence-electron chi connectivity index (χ4n) is 2.86. The van der Waals surface area contributed by atoms with Gasteiger partial charge >= 0.3 is 0 Å². The van der Waals surface area contributed by atoms with Gasteiger partial charge in [-0.25, -0.2) is 0 Å². The van der Waals surface area contributed by atoms with Crippen LogP contribution < -0.4 is 10.6 Å². The van der Waals surface area contributed by atoms with E-state index in [9.17, 15) is 4.79 Å². The largest absolute Gasteiger partial charge is 0.351 e. The molecule has 0 aliphatic heterocycles. The zero-order valence-electron chi connectivity index (χ0n) is 14.2. The summed E-state index contributed by atoms with van der Waals surface area (Å²) in [5.74, 6) is 0.120. The van der Waals surface area contributed by atoms with Gasteiger partial charge in [0.1, 0.15) is 0 Å². The van der Waals surface area contributed by atoms with Crippen molar-refractivity contribution in [2.24, 2.45) is 0 Å². The maximum atomic E-state index is 12.2. The molecule has 0 heterocycles. The second kappa shape index (κ2) is 7.75. The van der Waals surface area contributed by atoms with Gasteiger partial charge in [-0.15, -0.1) is 0 Å². The Labute approximate surface area is 134 Å². The average Bonchev–Trinajstić information content (AvgIpc) is 2.43. The van der Waals surface area contributed by atoms with Crippen molar-refractivity contribution in [3.05, 3.63) is 35.4 Å². The number of carbonyl (C=O) groups excluding carboxylic acids is 1. The van der Waals surface area contributed by atoms with Crippen LogP contribution in [0.2, 0.25) is 0 Å². The molecule has 0 bridgehead atoms.